The molecule has 1 aliphatic rings. The summed E-state index contributed by atoms with van der Waals surface area (Å²) in [5.74, 6) is 1.47. The second-order valence-electron chi connectivity index (χ2n) is 6.90. The van der Waals surface area contributed by atoms with Crippen molar-refractivity contribution in [3.8, 4) is 10.8 Å². The molecular formula is C20H20N4O4S. The van der Waals surface area contributed by atoms with Gasteiger partial charge in [0.1, 0.15) is 10.6 Å². The fourth-order valence-electron chi connectivity index (χ4n) is 3.35. The quantitative estimate of drug-likeness (QED) is 0.477. The van der Waals surface area contributed by atoms with Crippen molar-refractivity contribution in [2.45, 2.75) is 13.8 Å². The molecule has 1 saturated heterocycles. The molecule has 0 spiro atoms. The lowest BCUT2D eigenvalue weighted by Crippen LogP contribution is -2.48. The average molecular weight is 412 g/mol. The molecule has 1 amide bonds. The molecule has 1 fully saturated rings. The number of rotatable bonds is 4. The third kappa shape index (κ3) is 3.86. The number of amides is 1. The maximum Gasteiger partial charge on any atom is 0.269 e. The molecule has 1 aliphatic heterocycles. The number of carbonyl (C=O) groups is 1. The highest BCUT2D eigenvalue weighted by Crippen LogP contribution is 2.30. The summed E-state index contributed by atoms with van der Waals surface area (Å²) in [6.07, 6.45) is 0. The highest BCUT2D eigenvalue weighted by atomic mass is 32.1. The first-order valence-corrected chi connectivity index (χ1v) is 10.1. The molecule has 0 unspecified atom stereocenters. The lowest BCUT2D eigenvalue weighted by atomic mass is 10.2. The number of hydrogen-bond acceptors (Lipinski definition) is 7. The Bertz CT molecular complexity index is 1050. The van der Waals surface area contributed by atoms with Crippen LogP contribution in [-0.2, 0) is 0 Å². The highest BCUT2D eigenvalue weighted by molar-refractivity contribution is 7.17. The number of thiazole rings is 1. The van der Waals surface area contributed by atoms with Crippen LogP contribution in [0.2, 0.25) is 0 Å². The zero-order valence-electron chi connectivity index (χ0n) is 16.1. The minimum atomic E-state index is -0.407. The topological polar surface area (TPSA) is 92.7 Å². The SMILES string of the molecule is Cc1ccc(-c2nc(C)c(C(=O)N3CCN(c4ccc([N+](=O)[O-])cc4)CC3)s2)o1. The van der Waals surface area contributed by atoms with Crippen molar-refractivity contribution in [3.05, 3.63) is 62.8 Å². The van der Waals surface area contributed by atoms with Gasteiger partial charge in [0.05, 0.1) is 10.6 Å². The Hall–Kier alpha value is -3.20. The first kappa shape index (κ1) is 19.1. The van der Waals surface area contributed by atoms with Crippen molar-refractivity contribution in [2.75, 3.05) is 31.1 Å². The van der Waals surface area contributed by atoms with Gasteiger partial charge in [0.2, 0.25) is 0 Å². The van der Waals surface area contributed by atoms with Gasteiger partial charge in [0, 0.05) is 44.0 Å². The number of nitro benzene ring substituents is 1. The Morgan fingerprint density at radius 2 is 1.79 bits per heavy atom. The van der Waals surface area contributed by atoms with Crippen molar-refractivity contribution in [3.63, 3.8) is 0 Å². The Labute approximate surface area is 171 Å². The number of aromatic nitrogens is 1. The molecule has 0 radical (unpaired) electrons. The molecule has 1 aromatic carbocycles. The molecule has 3 heterocycles. The number of nitrogens with zero attached hydrogens (tertiary/aromatic N) is 4. The largest absolute Gasteiger partial charge is 0.459 e. The van der Waals surface area contributed by atoms with E-state index in [-0.39, 0.29) is 11.6 Å². The molecule has 29 heavy (non-hydrogen) atoms. The molecule has 0 atom stereocenters. The Kier molecular flexibility index (Phi) is 5.06. The van der Waals surface area contributed by atoms with Crippen LogP contribution >= 0.6 is 11.3 Å². The van der Waals surface area contributed by atoms with E-state index in [1.54, 1.807) is 12.1 Å². The molecule has 9 heteroatoms. The summed E-state index contributed by atoms with van der Waals surface area (Å²) >= 11 is 1.36. The fourth-order valence-corrected chi connectivity index (χ4v) is 4.34. The van der Waals surface area contributed by atoms with Crippen LogP contribution in [0.4, 0.5) is 11.4 Å². The second kappa shape index (κ2) is 7.67. The first-order valence-electron chi connectivity index (χ1n) is 9.25. The van der Waals surface area contributed by atoms with E-state index in [9.17, 15) is 14.9 Å². The van der Waals surface area contributed by atoms with Crippen molar-refractivity contribution in [1.82, 2.24) is 9.88 Å². The molecule has 2 aromatic heterocycles. The van der Waals surface area contributed by atoms with Crippen molar-refractivity contribution < 1.29 is 14.1 Å². The van der Waals surface area contributed by atoms with Crippen LogP contribution in [0.25, 0.3) is 10.8 Å². The van der Waals surface area contributed by atoms with E-state index >= 15 is 0 Å². The van der Waals surface area contributed by atoms with Gasteiger partial charge in [-0.05, 0) is 38.1 Å². The van der Waals surface area contributed by atoms with E-state index in [1.165, 1.54) is 23.5 Å². The van der Waals surface area contributed by atoms with Gasteiger partial charge in [-0.1, -0.05) is 0 Å². The van der Waals surface area contributed by atoms with Gasteiger partial charge in [0.15, 0.2) is 10.8 Å². The second-order valence-corrected chi connectivity index (χ2v) is 7.90. The van der Waals surface area contributed by atoms with Gasteiger partial charge in [-0.2, -0.15) is 0 Å². The molecule has 0 aliphatic carbocycles. The Morgan fingerprint density at radius 1 is 1.10 bits per heavy atom. The molecule has 8 nitrogen and oxygen atoms in total. The lowest BCUT2D eigenvalue weighted by molar-refractivity contribution is -0.384. The molecule has 150 valence electrons. The van der Waals surface area contributed by atoms with Crippen molar-refractivity contribution in [1.29, 1.82) is 0 Å². The summed E-state index contributed by atoms with van der Waals surface area (Å²) in [6.45, 7) is 6.23. The van der Waals surface area contributed by atoms with Crippen molar-refractivity contribution >= 4 is 28.6 Å². The smallest absolute Gasteiger partial charge is 0.269 e. The first-order chi connectivity index (χ1) is 13.9. The van der Waals surface area contributed by atoms with E-state index in [0.717, 1.165) is 11.4 Å². The average Bonchev–Trinajstić information content (AvgIpc) is 3.33. The summed E-state index contributed by atoms with van der Waals surface area (Å²) in [5, 5.41) is 11.5. The minimum absolute atomic E-state index is 0.0159. The van der Waals surface area contributed by atoms with E-state index < -0.39 is 4.92 Å². The number of nitro groups is 1. The van der Waals surface area contributed by atoms with Crippen LogP contribution in [-0.4, -0.2) is 46.9 Å². The van der Waals surface area contributed by atoms with Crippen molar-refractivity contribution in [2.24, 2.45) is 0 Å². The van der Waals surface area contributed by atoms with E-state index in [0.29, 0.717) is 47.5 Å². The van der Waals surface area contributed by atoms with Crippen LogP contribution in [0.15, 0.2) is 40.8 Å². The molecule has 0 N–H and O–H groups in total. The zero-order valence-corrected chi connectivity index (χ0v) is 16.9. The fraction of sp³-hybridized carbons (Fsp3) is 0.300. The third-order valence-corrected chi connectivity index (χ3v) is 6.09. The number of piperazine rings is 1. The molecular weight excluding hydrogens is 392 g/mol. The predicted molar refractivity (Wildman–Crippen MR) is 111 cm³/mol. The molecule has 0 saturated carbocycles. The van der Waals surface area contributed by atoms with Crippen LogP contribution in [0, 0.1) is 24.0 Å². The van der Waals surface area contributed by atoms with E-state index in [1.807, 2.05) is 30.9 Å². The number of hydrogen-bond donors (Lipinski definition) is 0. The number of carbonyl (C=O) groups excluding carboxylic acids is 1. The standard InChI is InChI=1S/C20H20N4O4S/c1-13-3-8-17(28-13)19-21-14(2)18(29-19)20(25)23-11-9-22(10-12-23)15-4-6-16(7-5-15)24(26)27/h3-8H,9-12H2,1-2H3. The van der Waals surface area contributed by atoms with Gasteiger partial charge in [0.25, 0.3) is 11.6 Å². The summed E-state index contributed by atoms with van der Waals surface area (Å²) < 4.78 is 5.62. The Morgan fingerprint density at radius 3 is 2.38 bits per heavy atom. The molecule has 0 bridgehead atoms. The van der Waals surface area contributed by atoms with E-state index in [2.05, 4.69) is 9.88 Å². The Balaban J connectivity index is 1.43. The van der Waals surface area contributed by atoms with Crippen LogP contribution in [0.3, 0.4) is 0 Å². The number of benzene rings is 1. The maximum atomic E-state index is 13.0. The number of anilines is 1. The van der Waals surface area contributed by atoms with Crippen LogP contribution in [0.1, 0.15) is 21.1 Å². The summed E-state index contributed by atoms with van der Waals surface area (Å²) in [7, 11) is 0. The van der Waals surface area contributed by atoms with E-state index in [4.69, 9.17) is 4.42 Å². The van der Waals surface area contributed by atoms with Gasteiger partial charge in [-0.25, -0.2) is 4.98 Å². The number of non-ortho nitro benzene ring substituents is 1. The van der Waals surface area contributed by atoms with Gasteiger partial charge >= 0.3 is 0 Å². The minimum Gasteiger partial charge on any atom is -0.459 e. The third-order valence-electron chi connectivity index (χ3n) is 4.93. The highest BCUT2D eigenvalue weighted by Gasteiger charge is 2.26. The summed E-state index contributed by atoms with van der Waals surface area (Å²) in [4.78, 5) is 32.5. The number of furan rings is 1. The normalized spacial score (nSPS) is 14.3. The van der Waals surface area contributed by atoms with Crippen LogP contribution in [0.5, 0.6) is 0 Å². The van der Waals surface area contributed by atoms with Crippen LogP contribution < -0.4 is 4.90 Å². The summed E-state index contributed by atoms with van der Waals surface area (Å²) in [6, 6.07) is 10.3. The monoisotopic (exact) mass is 412 g/mol. The predicted octanol–water partition coefficient (Wildman–Crippen LogP) is 3.89. The van der Waals surface area contributed by atoms with Gasteiger partial charge < -0.3 is 14.2 Å². The van der Waals surface area contributed by atoms with Gasteiger partial charge in [-0.3, -0.25) is 14.9 Å². The molecule has 4 rings (SSSR count). The molecule has 3 aromatic rings. The summed E-state index contributed by atoms with van der Waals surface area (Å²) in [5.41, 5.74) is 1.71. The maximum absolute atomic E-state index is 13.0. The zero-order chi connectivity index (χ0) is 20.5. The lowest BCUT2D eigenvalue weighted by Gasteiger charge is -2.36. The number of aryl methyl sites for hydroxylation is 2. The van der Waals surface area contributed by atoms with Gasteiger partial charge in [-0.15, -0.1) is 11.3 Å².